The van der Waals surface area contributed by atoms with Crippen molar-refractivity contribution in [2.24, 2.45) is 0 Å². The predicted octanol–water partition coefficient (Wildman–Crippen LogP) is -1.04. The minimum absolute atomic E-state index is 0.209. The van der Waals surface area contributed by atoms with Crippen molar-refractivity contribution in [3.05, 3.63) is 18.2 Å². The smallest absolute Gasteiger partial charge is 0.244 e. The molecule has 1 atom stereocenters. The SMILES string of the molecule is O=C1CC(NCCc2cnc[nH]2)C(=O)N1. The number of rotatable bonds is 4. The average Bonchev–Trinajstić information content (AvgIpc) is 2.77. The summed E-state index contributed by atoms with van der Waals surface area (Å²) in [6, 6.07) is -0.375. The van der Waals surface area contributed by atoms with Crippen molar-refractivity contribution in [3.63, 3.8) is 0 Å². The van der Waals surface area contributed by atoms with Crippen LogP contribution in [-0.2, 0) is 16.0 Å². The van der Waals surface area contributed by atoms with Crippen LogP contribution in [0.25, 0.3) is 0 Å². The molecule has 1 saturated heterocycles. The Bertz CT molecular complexity index is 360. The van der Waals surface area contributed by atoms with Gasteiger partial charge >= 0.3 is 0 Å². The molecule has 0 spiro atoms. The zero-order chi connectivity index (χ0) is 10.7. The molecule has 1 aliphatic heterocycles. The van der Waals surface area contributed by atoms with Crippen molar-refractivity contribution < 1.29 is 9.59 Å². The van der Waals surface area contributed by atoms with Crippen molar-refractivity contribution in [3.8, 4) is 0 Å². The molecule has 15 heavy (non-hydrogen) atoms. The minimum Gasteiger partial charge on any atom is -0.348 e. The molecule has 1 aliphatic rings. The fraction of sp³-hybridized carbons (Fsp3) is 0.444. The van der Waals surface area contributed by atoms with E-state index in [4.69, 9.17) is 0 Å². The zero-order valence-electron chi connectivity index (χ0n) is 8.12. The second kappa shape index (κ2) is 4.22. The molecule has 0 aromatic carbocycles. The van der Waals surface area contributed by atoms with Crippen LogP contribution in [0.4, 0.5) is 0 Å². The van der Waals surface area contributed by atoms with Gasteiger partial charge in [0.1, 0.15) is 0 Å². The van der Waals surface area contributed by atoms with Gasteiger partial charge in [0.2, 0.25) is 11.8 Å². The molecule has 0 bridgehead atoms. The average molecular weight is 208 g/mol. The molecule has 2 amide bonds. The second-order valence-corrected chi connectivity index (χ2v) is 3.45. The van der Waals surface area contributed by atoms with Gasteiger partial charge in [-0.25, -0.2) is 4.98 Å². The third kappa shape index (κ3) is 2.41. The van der Waals surface area contributed by atoms with Gasteiger partial charge < -0.3 is 10.3 Å². The van der Waals surface area contributed by atoms with Gasteiger partial charge in [-0.15, -0.1) is 0 Å². The Morgan fingerprint density at radius 1 is 1.53 bits per heavy atom. The van der Waals surface area contributed by atoms with Gasteiger partial charge in [0, 0.05) is 24.9 Å². The maximum absolute atomic E-state index is 11.2. The topological polar surface area (TPSA) is 86.9 Å². The molecule has 1 fully saturated rings. The van der Waals surface area contributed by atoms with E-state index in [2.05, 4.69) is 20.6 Å². The molecule has 3 N–H and O–H groups in total. The first-order valence-corrected chi connectivity index (χ1v) is 4.80. The van der Waals surface area contributed by atoms with E-state index in [9.17, 15) is 9.59 Å². The van der Waals surface area contributed by atoms with Gasteiger partial charge in [-0.2, -0.15) is 0 Å². The number of imidazole rings is 1. The first kappa shape index (κ1) is 9.85. The van der Waals surface area contributed by atoms with Gasteiger partial charge in [0.05, 0.1) is 18.8 Å². The van der Waals surface area contributed by atoms with E-state index in [-0.39, 0.29) is 24.3 Å². The lowest BCUT2D eigenvalue weighted by Gasteiger charge is -2.07. The monoisotopic (exact) mass is 208 g/mol. The Morgan fingerprint density at radius 3 is 3.00 bits per heavy atom. The van der Waals surface area contributed by atoms with E-state index in [0.29, 0.717) is 6.54 Å². The lowest BCUT2D eigenvalue weighted by atomic mass is 10.2. The Hall–Kier alpha value is -1.69. The highest BCUT2D eigenvalue weighted by Crippen LogP contribution is 2.01. The normalized spacial score (nSPS) is 20.7. The number of carbonyl (C=O) groups is 2. The van der Waals surface area contributed by atoms with Crippen molar-refractivity contribution in [1.82, 2.24) is 20.6 Å². The molecule has 80 valence electrons. The fourth-order valence-corrected chi connectivity index (χ4v) is 1.52. The Balaban J connectivity index is 1.74. The van der Waals surface area contributed by atoms with Gasteiger partial charge in [-0.3, -0.25) is 14.9 Å². The highest BCUT2D eigenvalue weighted by molar-refractivity contribution is 6.05. The van der Waals surface area contributed by atoms with Gasteiger partial charge in [-0.1, -0.05) is 0 Å². The lowest BCUT2D eigenvalue weighted by molar-refractivity contribution is -0.125. The molecular formula is C9H12N4O2. The van der Waals surface area contributed by atoms with E-state index in [1.54, 1.807) is 12.5 Å². The first-order valence-electron chi connectivity index (χ1n) is 4.80. The van der Waals surface area contributed by atoms with Crippen molar-refractivity contribution in [2.45, 2.75) is 18.9 Å². The van der Waals surface area contributed by atoms with Crippen molar-refractivity contribution in [1.29, 1.82) is 0 Å². The van der Waals surface area contributed by atoms with Crippen LogP contribution in [0.3, 0.4) is 0 Å². The molecule has 0 saturated carbocycles. The molecule has 2 rings (SSSR count). The number of nitrogens with one attached hydrogen (secondary N) is 3. The molecular weight excluding hydrogens is 196 g/mol. The summed E-state index contributed by atoms with van der Waals surface area (Å²) in [5.41, 5.74) is 1.01. The largest absolute Gasteiger partial charge is 0.348 e. The quantitative estimate of drug-likeness (QED) is 0.551. The van der Waals surface area contributed by atoms with Crippen LogP contribution < -0.4 is 10.6 Å². The van der Waals surface area contributed by atoms with Gasteiger partial charge in [-0.05, 0) is 0 Å². The van der Waals surface area contributed by atoms with Crippen LogP contribution in [-0.4, -0.2) is 34.4 Å². The van der Waals surface area contributed by atoms with E-state index in [1.807, 2.05) is 0 Å². The molecule has 6 heteroatoms. The summed E-state index contributed by atoms with van der Waals surface area (Å²) < 4.78 is 0. The summed E-state index contributed by atoms with van der Waals surface area (Å²) >= 11 is 0. The van der Waals surface area contributed by atoms with Gasteiger partial charge in [0.15, 0.2) is 0 Å². The predicted molar refractivity (Wildman–Crippen MR) is 51.8 cm³/mol. The zero-order valence-corrected chi connectivity index (χ0v) is 8.12. The van der Waals surface area contributed by atoms with Crippen LogP contribution in [0.15, 0.2) is 12.5 Å². The summed E-state index contributed by atoms with van der Waals surface area (Å²) in [5, 5.41) is 5.27. The Kier molecular flexibility index (Phi) is 2.77. The second-order valence-electron chi connectivity index (χ2n) is 3.45. The van der Waals surface area contributed by atoms with E-state index in [0.717, 1.165) is 12.1 Å². The maximum atomic E-state index is 11.2. The van der Waals surface area contributed by atoms with Gasteiger partial charge in [0.25, 0.3) is 0 Å². The number of imide groups is 1. The summed E-state index contributed by atoms with van der Waals surface area (Å²) in [4.78, 5) is 28.9. The Labute approximate surface area is 86.5 Å². The number of aromatic amines is 1. The number of carbonyl (C=O) groups excluding carboxylic acids is 2. The molecule has 1 aromatic rings. The van der Waals surface area contributed by atoms with Crippen LogP contribution in [0.2, 0.25) is 0 Å². The van der Waals surface area contributed by atoms with E-state index < -0.39 is 0 Å². The van der Waals surface area contributed by atoms with Crippen LogP contribution in [0.5, 0.6) is 0 Å². The summed E-state index contributed by atoms with van der Waals surface area (Å²) in [7, 11) is 0. The van der Waals surface area contributed by atoms with Crippen LogP contribution in [0, 0.1) is 0 Å². The number of H-pyrrole nitrogens is 1. The molecule has 6 nitrogen and oxygen atoms in total. The molecule has 1 unspecified atom stereocenters. The molecule has 0 aliphatic carbocycles. The van der Waals surface area contributed by atoms with E-state index in [1.165, 1.54) is 0 Å². The number of amides is 2. The first-order chi connectivity index (χ1) is 7.25. The minimum atomic E-state index is -0.375. The number of hydrogen-bond acceptors (Lipinski definition) is 4. The fourth-order valence-electron chi connectivity index (χ4n) is 1.52. The van der Waals surface area contributed by atoms with Crippen LogP contribution >= 0.6 is 0 Å². The maximum Gasteiger partial charge on any atom is 0.244 e. The van der Waals surface area contributed by atoms with E-state index >= 15 is 0 Å². The third-order valence-corrected chi connectivity index (χ3v) is 2.31. The van der Waals surface area contributed by atoms with Crippen molar-refractivity contribution >= 4 is 11.8 Å². The summed E-state index contributed by atoms with van der Waals surface area (Å²) in [6.07, 6.45) is 4.35. The molecule has 0 radical (unpaired) electrons. The number of hydrogen-bond donors (Lipinski definition) is 3. The summed E-state index contributed by atoms with van der Waals surface area (Å²) in [6.45, 7) is 0.646. The highest BCUT2D eigenvalue weighted by Gasteiger charge is 2.29. The highest BCUT2D eigenvalue weighted by atomic mass is 16.2. The van der Waals surface area contributed by atoms with Crippen molar-refractivity contribution in [2.75, 3.05) is 6.54 Å². The number of nitrogens with zero attached hydrogens (tertiary/aromatic N) is 1. The Morgan fingerprint density at radius 2 is 2.40 bits per heavy atom. The molecule has 1 aromatic heterocycles. The lowest BCUT2D eigenvalue weighted by Crippen LogP contribution is -2.37. The third-order valence-electron chi connectivity index (χ3n) is 2.31. The molecule has 2 heterocycles. The number of aromatic nitrogens is 2. The standard InChI is InChI=1S/C9H12N4O2/c14-8-3-7(9(15)13-8)11-2-1-6-4-10-5-12-6/h4-5,7,11H,1-3H2,(H,10,12)(H,13,14,15). The van der Waals surface area contributed by atoms with Crippen LogP contribution in [0.1, 0.15) is 12.1 Å². The summed E-state index contributed by atoms with van der Waals surface area (Å²) in [5.74, 6) is -0.441.